The Kier molecular flexibility index (Phi) is 3.17. The van der Waals surface area contributed by atoms with Gasteiger partial charge in [0, 0.05) is 23.5 Å². The molecular weight excluding hydrogens is 346 g/mol. The third-order valence-corrected chi connectivity index (χ3v) is 6.17. The van der Waals surface area contributed by atoms with Gasteiger partial charge in [0.1, 0.15) is 10.5 Å². The van der Waals surface area contributed by atoms with Gasteiger partial charge in [-0.3, -0.25) is 4.72 Å². The molecule has 0 saturated carbocycles. The Bertz CT molecular complexity index is 1260. The van der Waals surface area contributed by atoms with Crippen molar-refractivity contribution in [2.45, 2.75) is 11.3 Å². The predicted octanol–water partition coefficient (Wildman–Crippen LogP) is 3.93. The molecule has 26 heavy (non-hydrogen) atoms. The van der Waals surface area contributed by atoms with Gasteiger partial charge in [-0.1, -0.05) is 30.3 Å². The van der Waals surface area contributed by atoms with Crippen molar-refractivity contribution in [3.8, 4) is 11.1 Å². The van der Waals surface area contributed by atoms with Crippen LogP contribution >= 0.6 is 0 Å². The molecule has 0 saturated heterocycles. The molecule has 2 N–H and O–H groups in total. The van der Waals surface area contributed by atoms with Crippen LogP contribution in [0.1, 0.15) is 11.1 Å². The highest BCUT2D eigenvalue weighted by molar-refractivity contribution is 7.93. The molecule has 1 aliphatic carbocycles. The van der Waals surface area contributed by atoms with Crippen molar-refractivity contribution < 1.29 is 8.42 Å². The van der Waals surface area contributed by atoms with E-state index in [1.807, 2.05) is 30.3 Å². The van der Waals surface area contributed by atoms with E-state index in [0.717, 1.165) is 12.0 Å². The van der Waals surface area contributed by atoms with Crippen LogP contribution in [0.2, 0.25) is 0 Å². The van der Waals surface area contributed by atoms with Crippen LogP contribution in [0.25, 0.3) is 22.2 Å². The highest BCUT2D eigenvalue weighted by Crippen LogP contribution is 2.38. The summed E-state index contributed by atoms with van der Waals surface area (Å²) in [6.07, 6.45) is 3.92. The highest BCUT2D eigenvalue weighted by atomic mass is 32.2. The molecule has 0 fully saturated rings. The normalized spacial score (nSPS) is 12.8. The van der Waals surface area contributed by atoms with Crippen LogP contribution in [0.15, 0.2) is 71.9 Å². The Morgan fingerprint density at radius 1 is 0.962 bits per heavy atom. The zero-order valence-electron chi connectivity index (χ0n) is 13.7. The molecule has 5 rings (SSSR count). The standard InChI is InChI=1S/C20H15N3O2S/c24-26(25,19-12-22-20-18(19)6-3-9-21-20)23-15-7-8-17-14(11-15)10-13-4-1-2-5-16(13)17/h1-9,11-12,23H,10H2,(H,21,22). The van der Waals surface area contributed by atoms with E-state index < -0.39 is 10.0 Å². The zero-order valence-corrected chi connectivity index (χ0v) is 14.5. The highest BCUT2D eigenvalue weighted by Gasteiger charge is 2.22. The minimum atomic E-state index is -3.70. The van der Waals surface area contributed by atoms with Gasteiger partial charge in [-0.15, -0.1) is 0 Å². The van der Waals surface area contributed by atoms with Crippen molar-refractivity contribution >= 4 is 26.7 Å². The van der Waals surface area contributed by atoms with E-state index in [1.165, 1.54) is 22.9 Å². The maximum Gasteiger partial charge on any atom is 0.264 e. The molecule has 128 valence electrons. The number of anilines is 1. The van der Waals surface area contributed by atoms with Crippen LogP contribution in [-0.4, -0.2) is 18.4 Å². The number of aromatic amines is 1. The maximum atomic E-state index is 12.8. The smallest absolute Gasteiger partial charge is 0.264 e. The van der Waals surface area contributed by atoms with E-state index in [2.05, 4.69) is 26.8 Å². The number of aromatic nitrogens is 2. The molecule has 4 aromatic rings. The Morgan fingerprint density at radius 2 is 1.81 bits per heavy atom. The van der Waals surface area contributed by atoms with Gasteiger partial charge in [0.15, 0.2) is 0 Å². The lowest BCUT2D eigenvalue weighted by molar-refractivity contribution is 0.602. The molecule has 1 aliphatic rings. The number of pyridine rings is 1. The number of H-pyrrole nitrogens is 1. The number of nitrogens with zero attached hydrogens (tertiary/aromatic N) is 1. The van der Waals surface area contributed by atoms with Crippen molar-refractivity contribution in [3.05, 3.63) is 78.1 Å². The quantitative estimate of drug-likeness (QED) is 0.511. The molecule has 2 aromatic carbocycles. The number of benzene rings is 2. The van der Waals surface area contributed by atoms with Gasteiger partial charge in [0.25, 0.3) is 10.0 Å². The Labute approximate surface area is 150 Å². The van der Waals surface area contributed by atoms with Crippen molar-refractivity contribution in [3.63, 3.8) is 0 Å². The van der Waals surface area contributed by atoms with E-state index in [9.17, 15) is 8.42 Å². The molecule has 6 heteroatoms. The van der Waals surface area contributed by atoms with Crippen molar-refractivity contribution in [1.29, 1.82) is 0 Å². The molecule has 0 aliphatic heterocycles. The first-order valence-corrected chi connectivity index (χ1v) is 9.76. The molecule has 2 aromatic heterocycles. The Hall–Kier alpha value is -3.12. The largest absolute Gasteiger partial charge is 0.345 e. The van der Waals surface area contributed by atoms with Crippen LogP contribution in [0.5, 0.6) is 0 Å². The summed E-state index contributed by atoms with van der Waals surface area (Å²) in [6.45, 7) is 0. The van der Waals surface area contributed by atoms with Crippen LogP contribution in [0.4, 0.5) is 5.69 Å². The summed E-state index contributed by atoms with van der Waals surface area (Å²) in [5.41, 5.74) is 5.91. The monoisotopic (exact) mass is 361 g/mol. The molecule has 0 unspecified atom stereocenters. The van der Waals surface area contributed by atoms with Crippen LogP contribution in [0.3, 0.4) is 0 Å². The lowest BCUT2D eigenvalue weighted by Gasteiger charge is -2.09. The summed E-state index contributed by atoms with van der Waals surface area (Å²) in [4.78, 5) is 7.25. The lowest BCUT2D eigenvalue weighted by Crippen LogP contribution is -2.12. The number of rotatable bonds is 3. The van der Waals surface area contributed by atoms with Gasteiger partial charge in [-0.25, -0.2) is 13.4 Å². The van der Waals surface area contributed by atoms with Gasteiger partial charge < -0.3 is 4.98 Å². The lowest BCUT2D eigenvalue weighted by atomic mass is 10.1. The SMILES string of the molecule is O=S(=O)(Nc1ccc2c(c1)Cc1ccccc1-2)c1c[nH]c2ncccc12. The number of hydrogen-bond donors (Lipinski definition) is 2. The molecular formula is C20H15N3O2S. The average molecular weight is 361 g/mol. The molecule has 0 atom stereocenters. The second-order valence-corrected chi connectivity index (χ2v) is 8.01. The van der Waals surface area contributed by atoms with E-state index >= 15 is 0 Å². The fraction of sp³-hybridized carbons (Fsp3) is 0.0500. The van der Waals surface area contributed by atoms with Gasteiger partial charge >= 0.3 is 0 Å². The minimum Gasteiger partial charge on any atom is -0.345 e. The van der Waals surface area contributed by atoms with Crippen LogP contribution in [0, 0.1) is 0 Å². The van der Waals surface area contributed by atoms with Crippen LogP contribution < -0.4 is 4.72 Å². The fourth-order valence-corrected chi connectivity index (χ4v) is 4.79. The van der Waals surface area contributed by atoms with Crippen molar-refractivity contribution in [2.24, 2.45) is 0 Å². The molecule has 0 radical (unpaired) electrons. The number of sulfonamides is 1. The van der Waals surface area contributed by atoms with Gasteiger partial charge in [0.2, 0.25) is 0 Å². The first-order valence-electron chi connectivity index (χ1n) is 8.28. The van der Waals surface area contributed by atoms with E-state index in [0.29, 0.717) is 16.7 Å². The fourth-order valence-electron chi connectivity index (χ4n) is 3.57. The van der Waals surface area contributed by atoms with Gasteiger partial charge in [-0.2, -0.15) is 0 Å². The average Bonchev–Trinajstić information content (AvgIpc) is 3.22. The summed E-state index contributed by atoms with van der Waals surface area (Å²) in [5, 5.41) is 0.577. The number of hydrogen-bond acceptors (Lipinski definition) is 3. The Morgan fingerprint density at radius 3 is 2.73 bits per heavy atom. The molecule has 0 bridgehead atoms. The van der Waals surface area contributed by atoms with E-state index in [-0.39, 0.29) is 4.90 Å². The van der Waals surface area contributed by atoms with Crippen molar-refractivity contribution in [2.75, 3.05) is 4.72 Å². The molecule has 0 spiro atoms. The molecule has 2 heterocycles. The third kappa shape index (κ3) is 2.30. The van der Waals surface area contributed by atoms with Gasteiger partial charge in [0.05, 0.1) is 0 Å². The van der Waals surface area contributed by atoms with Crippen molar-refractivity contribution in [1.82, 2.24) is 9.97 Å². The van der Waals surface area contributed by atoms with Gasteiger partial charge in [-0.05, 0) is 52.9 Å². The second kappa shape index (κ2) is 5.44. The van der Waals surface area contributed by atoms with E-state index in [4.69, 9.17) is 0 Å². The Balaban J connectivity index is 1.51. The number of nitrogens with one attached hydrogen (secondary N) is 2. The first kappa shape index (κ1) is 15.2. The minimum absolute atomic E-state index is 0.199. The molecule has 5 nitrogen and oxygen atoms in total. The number of fused-ring (bicyclic) bond motifs is 4. The predicted molar refractivity (Wildman–Crippen MR) is 102 cm³/mol. The van der Waals surface area contributed by atoms with E-state index in [1.54, 1.807) is 18.3 Å². The zero-order chi connectivity index (χ0) is 17.7. The summed E-state index contributed by atoms with van der Waals surface area (Å²) < 4.78 is 28.4. The molecule has 0 amide bonds. The van der Waals surface area contributed by atoms with Crippen LogP contribution in [-0.2, 0) is 16.4 Å². The summed E-state index contributed by atoms with van der Waals surface area (Å²) >= 11 is 0. The maximum absolute atomic E-state index is 12.8. The third-order valence-electron chi connectivity index (χ3n) is 4.75. The summed E-state index contributed by atoms with van der Waals surface area (Å²) in [7, 11) is -3.70. The summed E-state index contributed by atoms with van der Waals surface area (Å²) in [6, 6.07) is 17.4. The summed E-state index contributed by atoms with van der Waals surface area (Å²) in [5.74, 6) is 0. The topological polar surface area (TPSA) is 74.8 Å². The second-order valence-electron chi connectivity index (χ2n) is 6.36. The first-order chi connectivity index (χ1) is 12.6.